The van der Waals surface area contributed by atoms with Crippen LogP contribution < -0.4 is 5.32 Å². The van der Waals surface area contributed by atoms with Crippen LogP contribution in [0.2, 0.25) is 15.1 Å². The van der Waals surface area contributed by atoms with Gasteiger partial charge in [0.1, 0.15) is 18.2 Å². The van der Waals surface area contributed by atoms with Gasteiger partial charge >= 0.3 is 0 Å². The minimum atomic E-state index is -0.765. The zero-order valence-electron chi connectivity index (χ0n) is 25.5. The molecule has 0 aromatic heterocycles. The van der Waals surface area contributed by atoms with Crippen molar-refractivity contribution in [3.63, 3.8) is 0 Å². The highest BCUT2D eigenvalue weighted by atomic mass is 35.5. The Morgan fingerprint density at radius 3 is 2.23 bits per heavy atom. The molecule has 0 saturated carbocycles. The van der Waals surface area contributed by atoms with Crippen LogP contribution >= 0.6 is 46.8 Å². The number of hydrogen-bond acceptors (Lipinski definition) is 6. The molecule has 0 bridgehead atoms. The molecule has 12 heteroatoms. The first-order valence-electron chi connectivity index (χ1n) is 15.3. The molecular formula is C32H40Cl3N5O3S. The number of piperazine rings is 1. The summed E-state index contributed by atoms with van der Waals surface area (Å²) in [7, 11) is 0. The number of piperidine rings is 1. The molecule has 0 radical (unpaired) electrons. The van der Waals surface area contributed by atoms with Gasteiger partial charge in [-0.05, 0) is 101 Å². The maximum absolute atomic E-state index is 14.7. The average Bonchev–Trinajstić information content (AvgIpc) is 2.98. The van der Waals surface area contributed by atoms with Gasteiger partial charge in [0.15, 0.2) is 0 Å². The van der Waals surface area contributed by atoms with E-state index in [1.165, 1.54) is 11.9 Å². The number of halogens is 3. The second kappa shape index (κ2) is 14.2. The van der Waals surface area contributed by atoms with Crippen molar-refractivity contribution in [1.29, 1.82) is 0 Å². The smallest absolute Gasteiger partial charge is 0.248 e. The summed E-state index contributed by atoms with van der Waals surface area (Å²) in [6.07, 6.45) is 1.36. The number of benzene rings is 2. The van der Waals surface area contributed by atoms with Crippen LogP contribution in [0.5, 0.6) is 0 Å². The van der Waals surface area contributed by atoms with E-state index in [-0.39, 0.29) is 35.7 Å². The number of nitrogens with zero attached hydrogens (tertiary/aromatic N) is 4. The molecule has 3 saturated heterocycles. The molecule has 2 aromatic rings. The zero-order valence-corrected chi connectivity index (χ0v) is 28.6. The van der Waals surface area contributed by atoms with Gasteiger partial charge < -0.3 is 20.0 Å². The highest BCUT2D eigenvalue weighted by molar-refractivity contribution is 7.97. The molecule has 3 aliphatic rings. The topological polar surface area (TPSA) is 76.2 Å². The summed E-state index contributed by atoms with van der Waals surface area (Å²) < 4.78 is 2.13. The third kappa shape index (κ3) is 7.03. The minimum Gasteiger partial charge on any atom is -0.335 e. The van der Waals surface area contributed by atoms with Crippen molar-refractivity contribution < 1.29 is 14.4 Å². The Morgan fingerprint density at radius 1 is 0.955 bits per heavy atom. The number of carbonyl (C=O) groups excluding carboxylic acids is 3. The predicted octanol–water partition coefficient (Wildman–Crippen LogP) is 5.59. The second-order valence-corrected chi connectivity index (χ2v) is 14.7. The van der Waals surface area contributed by atoms with E-state index in [9.17, 15) is 14.4 Å². The van der Waals surface area contributed by atoms with Gasteiger partial charge in [0.05, 0.1) is 11.6 Å². The van der Waals surface area contributed by atoms with Gasteiger partial charge in [0.25, 0.3) is 0 Å². The van der Waals surface area contributed by atoms with Crippen LogP contribution in [0.3, 0.4) is 0 Å². The molecular weight excluding hydrogens is 641 g/mol. The summed E-state index contributed by atoms with van der Waals surface area (Å²) in [6, 6.07) is 10.9. The fourth-order valence-corrected chi connectivity index (χ4v) is 8.14. The molecule has 3 aliphatic heterocycles. The second-order valence-electron chi connectivity index (χ2n) is 12.3. The molecule has 2 aromatic carbocycles. The van der Waals surface area contributed by atoms with Crippen molar-refractivity contribution in [1.82, 2.24) is 24.3 Å². The molecule has 5 rings (SSSR count). The maximum Gasteiger partial charge on any atom is 0.248 e. The number of amides is 3. The molecule has 1 N–H and O–H groups in total. The van der Waals surface area contributed by atoms with Crippen LogP contribution in [0, 0.1) is 5.92 Å². The monoisotopic (exact) mass is 679 g/mol. The number of carbonyl (C=O) groups is 3. The predicted molar refractivity (Wildman–Crippen MR) is 177 cm³/mol. The van der Waals surface area contributed by atoms with Crippen LogP contribution in [0.15, 0.2) is 47.4 Å². The molecule has 3 amide bonds. The number of nitrogens with one attached hydrogen (secondary N) is 1. The van der Waals surface area contributed by atoms with Gasteiger partial charge in [-0.2, -0.15) is 0 Å². The Bertz CT molecular complexity index is 1370. The Kier molecular flexibility index (Phi) is 10.8. The van der Waals surface area contributed by atoms with E-state index >= 15 is 0 Å². The van der Waals surface area contributed by atoms with Crippen LogP contribution in [0.1, 0.15) is 46.1 Å². The van der Waals surface area contributed by atoms with E-state index in [4.69, 9.17) is 34.8 Å². The third-order valence-electron chi connectivity index (χ3n) is 8.72. The fourth-order valence-electron chi connectivity index (χ4n) is 6.47. The first-order valence-corrected chi connectivity index (χ1v) is 17.2. The maximum atomic E-state index is 14.7. The van der Waals surface area contributed by atoms with E-state index in [2.05, 4.69) is 9.62 Å². The normalized spacial score (nSPS) is 23.4. The molecule has 3 atom stereocenters. The zero-order chi connectivity index (χ0) is 31.7. The Hall–Kier alpha value is -2.01. The van der Waals surface area contributed by atoms with Gasteiger partial charge in [-0.1, -0.05) is 46.9 Å². The number of rotatable bonds is 8. The minimum absolute atomic E-state index is 0.00540. The molecule has 3 fully saturated rings. The molecule has 8 nitrogen and oxygen atoms in total. The van der Waals surface area contributed by atoms with Gasteiger partial charge in [0.2, 0.25) is 17.7 Å². The molecule has 3 heterocycles. The van der Waals surface area contributed by atoms with Crippen molar-refractivity contribution in [2.75, 3.05) is 26.2 Å². The molecule has 0 aliphatic carbocycles. The van der Waals surface area contributed by atoms with E-state index in [1.54, 1.807) is 34.1 Å². The summed E-state index contributed by atoms with van der Waals surface area (Å²) >= 11 is 20.5. The van der Waals surface area contributed by atoms with Gasteiger partial charge in [-0.3, -0.25) is 14.4 Å². The lowest BCUT2D eigenvalue weighted by atomic mass is 9.93. The number of hydrogen-bond donors (Lipinski definition) is 1. The highest BCUT2D eigenvalue weighted by Crippen LogP contribution is 2.39. The summed E-state index contributed by atoms with van der Waals surface area (Å²) in [5, 5.41) is 4.96. The van der Waals surface area contributed by atoms with Crippen LogP contribution in [-0.2, 0) is 20.8 Å². The fraction of sp³-hybridized carbons (Fsp3) is 0.531. The largest absolute Gasteiger partial charge is 0.335 e. The lowest BCUT2D eigenvalue weighted by Crippen LogP contribution is -2.75. The molecule has 44 heavy (non-hydrogen) atoms. The van der Waals surface area contributed by atoms with Crippen LogP contribution in [0.25, 0.3) is 0 Å². The lowest BCUT2D eigenvalue weighted by Gasteiger charge is -2.56. The summed E-state index contributed by atoms with van der Waals surface area (Å²) in [4.78, 5) is 49.1. The van der Waals surface area contributed by atoms with Crippen molar-refractivity contribution in [3.05, 3.63) is 63.1 Å². The first kappa shape index (κ1) is 33.4. The Morgan fingerprint density at radius 2 is 1.61 bits per heavy atom. The van der Waals surface area contributed by atoms with E-state index in [0.29, 0.717) is 34.6 Å². The van der Waals surface area contributed by atoms with E-state index in [0.717, 1.165) is 36.4 Å². The van der Waals surface area contributed by atoms with Gasteiger partial charge in [-0.25, -0.2) is 4.31 Å². The Balaban J connectivity index is 1.58. The van der Waals surface area contributed by atoms with Crippen LogP contribution in [0.4, 0.5) is 0 Å². The summed E-state index contributed by atoms with van der Waals surface area (Å²) in [5.41, 5.74) is 0.901. The summed E-state index contributed by atoms with van der Waals surface area (Å²) in [6.45, 7) is 10.1. The van der Waals surface area contributed by atoms with E-state index < -0.39 is 18.2 Å². The molecule has 0 spiro atoms. The average molecular weight is 681 g/mol. The van der Waals surface area contributed by atoms with Crippen LogP contribution in [-0.4, -0.2) is 93.2 Å². The summed E-state index contributed by atoms with van der Waals surface area (Å²) in [5.74, 6) is -0.453. The standard InChI is InChI=1S/C32H40Cl3N5O3S/c1-19(2)37-18-29-38(44-28-10-9-24(34)16-25(28)35)17-27(39(20(3)4)30(41)22-11-13-36-14-12-22)32(43)40(29)26(31(37)42)15-21-5-7-23(33)8-6-21/h5-10,16,19-20,22,26-27,29,36H,11-15,17-18H2,1-4H3. The Labute approximate surface area is 279 Å². The quantitative estimate of drug-likeness (QED) is 0.367. The first-order chi connectivity index (χ1) is 21.0. The van der Waals surface area contributed by atoms with Crippen molar-refractivity contribution >= 4 is 64.5 Å². The van der Waals surface area contributed by atoms with Crippen molar-refractivity contribution in [2.45, 2.75) is 82.2 Å². The van der Waals surface area contributed by atoms with Crippen molar-refractivity contribution in [3.8, 4) is 0 Å². The lowest BCUT2D eigenvalue weighted by molar-refractivity contribution is -0.174. The van der Waals surface area contributed by atoms with Crippen molar-refractivity contribution in [2.24, 2.45) is 5.92 Å². The number of fused-ring (bicyclic) bond motifs is 1. The van der Waals surface area contributed by atoms with E-state index in [1.807, 2.05) is 50.8 Å². The molecule has 3 unspecified atom stereocenters. The van der Waals surface area contributed by atoms with Gasteiger partial charge in [-0.15, -0.1) is 0 Å². The van der Waals surface area contributed by atoms with Gasteiger partial charge in [0, 0.05) is 45.9 Å². The third-order valence-corrected chi connectivity index (χ3v) is 10.8. The highest BCUT2D eigenvalue weighted by Gasteiger charge is 2.53. The SMILES string of the molecule is CC(C)N1CC2N(Sc3ccc(Cl)cc3Cl)CC(N(C(=O)C3CCNCC3)C(C)C)C(=O)N2C(Cc2ccc(Cl)cc2)C1=O. The molecule has 238 valence electrons.